The summed E-state index contributed by atoms with van der Waals surface area (Å²) in [5.41, 5.74) is 9.47. The van der Waals surface area contributed by atoms with Gasteiger partial charge < -0.3 is 14.2 Å². The number of para-hydroxylation sites is 3. The van der Waals surface area contributed by atoms with E-state index >= 15 is 0 Å². The second-order valence-electron chi connectivity index (χ2n) is 11.9. The van der Waals surface area contributed by atoms with Crippen molar-refractivity contribution in [1.29, 1.82) is 0 Å². The molecule has 224 valence electrons. The average molecular weight is 623 g/mol. The maximum Gasteiger partial charge on any atom is 0.138 e. The molecule has 0 amide bonds. The molecular formula is C43H30N2OS. The minimum atomic E-state index is 0.867. The van der Waals surface area contributed by atoms with Crippen molar-refractivity contribution >= 4 is 87.6 Å². The molecule has 47 heavy (non-hydrogen) atoms. The Labute approximate surface area is 277 Å². The van der Waals surface area contributed by atoms with E-state index in [4.69, 9.17) is 4.42 Å². The highest BCUT2D eigenvalue weighted by Gasteiger charge is 2.20. The van der Waals surface area contributed by atoms with Crippen molar-refractivity contribution in [3.8, 4) is 0 Å². The molecule has 2 heterocycles. The number of hydrogen-bond donors (Lipinski definition) is 0. The topological polar surface area (TPSA) is 19.6 Å². The number of rotatable bonds is 6. The standard InChI is InChI=1S/C43H30N2OS/c1-29-25-35(44(30-13-5-2-6-14-30)31-15-7-3-8-16-31)27-39-36-23-21-34(28-40(36)46-43(29)39)45(32-17-9-4-10-18-32)33-22-24-42-38(26-33)37-19-11-12-20-41(37)47-42/h2-28H,1H3. The summed E-state index contributed by atoms with van der Waals surface area (Å²) in [5, 5.41) is 4.78. The molecule has 0 bridgehead atoms. The van der Waals surface area contributed by atoms with Crippen LogP contribution in [0.25, 0.3) is 42.1 Å². The number of aryl methyl sites for hydroxylation is 1. The van der Waals surface area contributed by atoms with E-state index in [2.05, 4.69) is 181 Å². The summed E-state index contributed by atoms with van der Waals surface area (Å²) in [7, 11) is 0. The van der Waals surface area contributed by atoms with Gasteiger partial charge in [0.05, 0.1) is 0 Å². The number of fused-ring (bicyclic) bond motifs is 6. The van der Waals surface area contributed by atoms with Gasteiger partial charge in [0.25, 0.3) is 0 Å². The minimum absolute atomic E-state index is 0.867. The summed E-state index contributed by atoms with van der Waals surface area (Å²) in [6.07, 6.45) is 0. The molecule has 9 rings (SSSR count). The van der Waals surface area contributed by atoms with Gasteiger partial charge in [-0.2, -0.15) is 0 Å². The largest absolute Gasteiger partial charge is 0.456 e. The van der Waals surface area contributed by atoms with Crippen LogP contribution in [0.15, 0.2) is 168 Å². The first-order valence-corrected chi connectivity index (χ1v) is 16.7. The third kappa shape index (κ3) is 4.73. The van der Waals surface area contributed by atoms with Crippen molar-refractivity contribution in [2.75, 3.05) is 9.80 Å². The van der Waals surface area contributed by atoms with E-state index in [0.717, 1.165) is 61.6 Å². The van der Waals surface area contributed by atoms with Crippen LogP contribution in [0.3, 0.4) is 0 Å². The lowest BCUT2D eigenvalue weighted by Gasteiger charge is -2.26. The zero-order valence-corrected chi connectivity index (χ0v) is 26.6. The fourth-order valence-corrected chi connectivity index (χ4v) is 7.85. The maximum atomic E-state index is 6.66. The highest BCUT2D eigenvalue weighted by Crippen LogP contribution is 2.44. The molecule has 0 unspecified atom stereocenters. The van der Waals surface area contributed by atoms with E-state index in [1.807, 2.05) is 11.3 Å². The van der Waals surface area contributed by atoms with E-state index in [1.54, 1.807) is 0 Å². The van der Waals surface area contributed by atoms with E-state index < -0.39 is 0 Å². The van der Waals surface area contributed by atoms with Gasteiger partial charge in [-0.3, -0.25) is 0 Å². The Bertz CT molecular complexity index is 2500. The van der Waals surface area contributed by atoms with Gasteiger partial charge in [0.1, 0.15) is 11.2 Å². The number of hydrogen-bond acceptors (Lipinski definition) is 4. The third-order valence-electron chi connectivity index (χ3n) is 8.90. The van der Waals surface area contributed by atoms with Crippen LogP contribution in [0.1, 0.15) is 5.56 Å². The number of benzene rings is 7. The second-order valence-corrected chi connectivity index (χ2v) is 13.0. The van der Waals surface area contributed by atoms with Crippen molar-refractivity contribution in [1.82, 2.24) is 0 Å². The second kappa shape index (κ2) is 11.2. The zero-order chi connectivity index (χ0) is 31.3. The summed E-state index contributed by atoms with van der Waals surface area (Å²) in [6.45, 7) is 2.14. The van der Waals surface area contributed by atoms with Crippen molar-refractivity contribution in [3.05, 3.63) is 169 Å². The smallest absolute Gasteiger partial charge is 0.138 e. The molecule has 0 radical (unpaired) electrons. The first-order valence-electron chi connectivity index (χ1n) is 15.8. The van der Waals surface area contributed by atoms with Gasteiger partial charge >= 0.3 is 0 Å². The summed E-state index contributed by atoms with van der Waals surface area (Å²) in [6, 6.07) is 58.2. The van der Waals surface area contributed by atoms with Gasteiger partial charge in [-0.1, -0.05) is 72.8 Å². The van der Waals surface area contributed by atoms with Gasteiger partial charge in [-0.15, -0.1) is 11.3 Å². The molecular weight excluding hydrogens is 593 g/mol. The normalized spacial score (nSPS) is 11.5. The van der Waals surface area contributed by atoms with Crippen LogP contribution in [0.4, 0.5) is 34.1 Å². The Balaban J connectivity index is 1.20. The molecule has 0 saturated carbocycles. The molecule has 0 aliphatic heterocycles. The number of furan rings is 1. The molecule has 0 fully saturated rings. The Hall–Kier alpha value is -5.84. The molecule has 0 aliphatic carbocycles. The quantitative estimate of drug-likeness (QED) is 0.184. The van der Waals surface area contributed by atoms with Gasteiger partial charge in [0.15, 0.2) is 0 Å². The van der Waals surface area contributed by atoms with Crippen LogP contribution in [0.5, 0.6) is 0 Å². The Kier molecular flexibility index (Phi) is 6.54. The molecule has 0 aliphatic rings. The molecule has 9 aromatic rings. The molecule has 7 aromatic carbocycles. The van der Waals surface area contributed by atoms with Gasteiger partial charge in [0, 0.05) is 71.1 Å². The predicted octanol–water partition coefficient (Wildman–Crippen LogP) is 13.2. The van der Waals surface area contributed by atoms with Crippen LogP contribution in [-0.4, -0.2) is 0 Å². The van der Waals surface area contributed by atoms with E-state index in [1.165, 1.54) is 20.2 Å². The van der Waals surface area contributed by atoms with Crippen LogP contribution in [0.2, 0.25) is 0 Å². The monoisotopic (exact) mass is 622 g/mol. The van der Waals surface area contributed by atoms with E-state index in [0.29, 0.717) is 0 Å². The molecule has 0 spiro atoms. The van der Waals surface area contributed by atoms with Crippen molar-refractivity contribution in [2.24, 2.45) is 0 Å². The summed E-state index contributed by atoms with van der Waals surface area (Å²) < 4.78 is 9.27. The van der Waals surface area contributed by atoms with Gasteiger partial charge in [-0.05, 0) is 97.4 Å². The summed E-state index contributed by atoms with van der Waals surface area (Å²) in [4.78, 5) is 4.63. The zero-order valence-electron chi connectivity index (χ0n) is 25.8. The highest BCUT2D eigenvalue weighted by molar-refractivity contribution is 7.25. The molecule has 0 atom stereocenters. The number of thiophene rings is 1. The molecule has 0 saturated heterocycles. The Morgan fingerprint density at radius 2 is 0.936 bits per heavy atom. The molecule has 2 aromatic heterocycles. The lowest BCUT2D eigenvalue weighted by molar-refractivity contribution is 0.666. The van der Waals surface area contributed by atoms with Crippen LogP contribution < -0.4 is 9.80 Å². The molecule has 4 heteroatoms. The average Bonchev–Trinajstić information content (AvgIpc) is 3.68. The maximum absolute atomic E-state index is 6.66. The SMILES string of the molecule is Cc1cc(N(c2ccccc2)c2ccccc2)cc2c1oc1cc(N(c3ccccc3)c3ccc4sc5ccccc5c4c3)ccc12. The van der Waals surface area contributed by atoms with E-state index in [9.17, 15) is 0 Å². The van der Waals surface area contributed by atoms with Crippen LogP contribution in [-0.2, 0) is 0 Å². The first kappa shape index (κ1) is 27.5. The molecule has 0 N–H and O–H groups in total. The van der Waals surface area contributed by atoms with Crippen molar-refractivity contribution in [3.63, 3.8) is 0 Å². The lowest BCUT2D eigenvalue weighted by atomic mass is 10.1. The van der Waals surface area contributed by atoms with Crippen LogP contribution >= 0.6 is 11.3 Å². The van der Waals surface area contributed by atoms with Crippen LogP contribution in [0, 0.1) is 6.92 Å². The Morgan fingerprint density at radius 1 is 0.404 bits per heavy atom. The predicted molar refractivity (Wildman–Crippen MR) is 201 cm³/mol. The fourth-order valence-electron chi connectivity index (χ4n) is 6.77. The Morgan fingerprint density at radius 3 is 1.62 bits per heavy atom. The van der Waals surface area contributed by atoms with Crippen molar-refractivity contribution < 1.29 is 4.42 Å². The van der Waals surface area contributed by atoms with Gasteiger partial charge in [0.2, 0.25) is 0 Å². The highest BCUT2D eigenvalue weighted by atomic mass is 32.1. The summed E-state index contributed by atoms with van der Waals surface area (Å²) >= 11 is 1.84. The molecule has 3 nitrogen and oxygen atoms in total. The lowest BCUT2D eigenvalue weighted by Crippen LogP contribution is -2.09. The third-order valence-corrected chi connectivity index (χ3v) is 10.1. The number of nitrogens with zero attached hydrogens (tertiary/aromatic N) is 2. The minimum Gasteiger partial charge on any atom is -0.456 e. The van der Waals surface area contributed by atoms with E-state index in [-0.39, 0.29) is 0 Å². The van der Waals surface area contributed by atoms with Gasteiger partial charge in [-0.25, -0.2) is 0 Å². The summed E-state index contributed by atoms with van der Waals surface area (Å²) in [5.74, 6) is 0. The van der Waals surface area contributed by atoms with Crippen molar-refractivity contribution in [2.45, 2.75) is 6.92 Å². The fraction of sp³-hybridized carbons (Fsp3) is 0.0233. The number of anilines is 6. The first-order chi connectivity index (χ1) is 23.2.